The van der Waals surface area contributed by atoms with Crippen LogP contribution in [0.2, 0.25) is 0 Å². The maximum atomic E-state index is 12.4. The molecule has 0 aliphatic carbocycles. The van der Waals surface area contributed by atoms with E-state index >= 15 is 0 Å². The molecule has 1 atom stereocenters. The molecular formula is C20H31NO4S. The fourth-order valence-corrected chi connectivity index (χ4v) is 5.00. The van der Waals surface area contributed by atoms with E-state index in [-0.39, 0.29) is 28.9 Å². The van der Waals surface area contributed by atoms with Crippen molar-refractivity contribution in [1.82, 2.24) is 4.90 Å². The van der Waals surface area contributed by atoms with E-state index < -0.39 is 9.84 Å². The highest BCUT2D eigenvalue weighted by molar-refractivity contribution is 7.91. The smallest absolute Gasteiger partial charge is 0.222 e. The van der Waals surface area contributed by atoms with Gasteiger partial charge in [0, 0.05) is 19.0 Å². The lowest BCUT2D eigenvalue weighted by atomic mass is 9.87. The molecule has 1 aromatic rings. The minimum absolute atomic E-state index is 0.0151. The third-order valence-electron chi connectivity index (χ3n) is 4.83. The summed E-state index contributed by atoms with van der Waals surface area (Å²) in [7, 11) is -2.98. The van der Waals surface area contributed by atoms with Crippen molar-refractivity contribution in [3.63, 3.8) is 0 Å². The van der Waals surface area contributed by atoms with Crippen LogP contribution in [0.4, 0.5) is 0 Å². The topological polar surface area (TPSA) is 63.7 Å². The van der Waals surface area contributed by atoms with Crippen LogP contribution in [0.1, 0.15) is 52.5 Å². The van der Waals surface area contributed by atoms with Gasteiger partial charge in [-0.15, -0.1) is 0 Å². The fraction of sp³-hybridized carbons (Fsp3) is 0.650. The Kier molecular flexibility index (Phi) is 6.72. The predicted octanol–water partition coefficient (Wildman–Crippen LogP) is 3.18. The van der Waals surface area contributed by atoms with Gasteiger partial charge in [0.05, 0.1) is 18.1 Å². The minimum atomic E-state index is -2.98. The Morgan fingerprint density at radius 1 is 1.23 bits per heavy atom. The summed E-state index contributed by atoms with van der Waals surface area (Å²) in [4.78, 5) is 14.1. The van der Waals surface area contributed by atoms with E-state index in [1.807, 2.05) is 19.1 Å². The molecule has 1 aliphatic rings. The van der Waals surface area contributed by atoms with E-state index in [4.69, 9.17) is 4.74 Å². The van der Waals surface area contributed by atoms with E-state index in [9.17, 15) is 13.2 Å². The maximum absolute atomic E-state index is 12.4. The summed E-state index contributed by atoms with van der Waals surface area (Å²) in [5.41, 5.74) is 1.37. The van der Waals surface area contributed by atoms with E-state index in [2.05, 4.69) is 32.9 Å². The molecule has 0 N–H and O–H groups in total. The molecule has 0 spiro atoms. The summed E-state index contributed by atoms with van der Waals surface area (Å²) in [6.45, 7) is 9.43. The molecule has 1 aromatic carbocycles. The normalized spacial score (nSPS) is 19.3. The molecule has 5 nitrogen and oxygen atoms in total. The molecule has 1 aliphatic heterocycles. The second kappa shape index (κ2) is 8.42. The molecule has 0 aromatic heterocycles. The van der Waals surface area contributed by atoms with Crippen LogP contribution in [0.5, 0.6) is 5.75 Å². The molecule has 1 amide bonds. The van der Waals surface area contributed by atoms with E-state index in [1.54, 1.807) is 4.90 Å². The van der Waals surface area contributed by atoms with Crippen molar-refractivity contribution in [2.45, 2.75) is 58.4 Å². The van der Waals surface area contributed by atoms with Crippen LogP contribution >= 0.6 is 0 Å². The molecule has 1 saturated heterocycles. The minimum Gasteiger partial charge on any atom is -0.494 e. The van der Waals surface area contributed by atoms with Crippen LogP contribution in [0.3, 0.4) is 0 Å². The number of hydrogen-bond acceptors (Lipinski definition) is 4. The standard InChI is InChI=1S/C20H31NO4S/c1-5-21(17-12-14-26(23,24)15-17)19(22)7-6-13-25-18-10-8-16(9-11-18)20(2,3)4/h8-11,17H,5-7,12-15H2,1-4H3. The average Bonchev–Trinajstić information content (AvgIpc) is 2.91. The summed E-state index contributed by atoms with van der Waals surface area (Å²) in [6, 6.07) is 7.90. The van der Waals surface area contributed by atoms with Crippen molar-refractivity contribution in [3.8, 4) is 5.75 Å². The molecule has 1 heterocycles. The van der Waals surface area contributed by atoms with Crippen molar-refractivity contribution in [2.24, 2.45) is 0 Å². The predicted molar refractivity (Wildman–Crippen MR) is 104 cm³/mol. The highest BCUT2D eigenvalue weighted by atomic mass is 32.2. The van der Waals surface area contributed by atoms with Gasteiger partial charge >= 0.3 is 0 Å². The highest BCUT2D eigenvalue weighted by Crippen LogP contribution is 2.24. The zero-order valence-corrected chi connectivity index (χ0v) is 17.1. The number of carbonyl (C=O) groups excluding carboxylic acids is 1. The van der Waals surface area contributed by atoms with Crippen LogP contribution in [-0.4, -0.2) is 49.9 Å². The first-order valence-corrected chi connectivity index (χ1v) is 11.2. The molecule has 0 radical (unpaired) electrons. The Balaban J connectivity index is 1.77. The lowest BCUT2D eigenvalue weighted by Gasteiger charge is -2.27. The number of rotatable bonds is 7. The third-order valence-corrected chi connectivity index (χ3v) is 6.58. The van der Waals surface area contributed by atoms with Crippen LogP contribution in [0.25, 0.3) is 0 Å². The van der Waals surface area contributed by atoms with Crippen molar-refractivity contribution in [1.29, 1.82) is 0 Å². The van der Waals surface area contributed by atoms with Gasteiger partial charge in [-0.2, -0.15) is 0 Å². The van der Waals surface area contributed by atoms with Crippen molar-refractivity contribution < 1.29 is 17.9 Å². The number of carbonyl (C=O) groups is 1. The summed E-state index contributed by atoms with van der Waals surface area (Å²) < 4.78 is 29.0. The van der Waals surface area contributed by atoms with E-state index in [1.165, 1.54) is 5.56 Å². The van der Waals surface area contributed by atoms with Gasteiger partial charge in [-0.3, -0.25) is 4.79 Å². The van der Waals surface area contributed by atoms with Gasteiger partial charge in [-0.1, -0.05) is 32.9 Å². The Bertz CT molecular complexity index is 704. The summed E-state index contributed by atoms with van der Waals surface area (Å²) in [5, 5.41) is 0. The maximum Gasteiger partial charge on any atom is 0.222 e. The number of sulfone groups is 1. The Morgan fingerprint density at radius 2 is 1.88 bits per heavy atom. The van der Waals surface area contributed by atoms with Crippen molar-refractivity contribution >= 4 is 15.7 Å². The first kappa shape index (κ1) is 20.7. The molecule has 2 rings (SSSR count). The summed E-state index contributed by atoms with van der Waals surface area (Å²) in [6.07, 6.45) is 1.55. The average molecular weight is 382 g/mol. The molecule has 1 unspecified atom stereocenters. The molecule has 0 saturated carbocycles. The molecule has 0 bridgehead atoms. The fourth-order valence-electron chi connectivity index (χ4n) is 3.27. The molecule has 6 heteroatoms. The number of nitrogens with zero attached hydrogens (tertiary/aromatic N) is 1. The SMILES string of the molecule is CCN(C(=O)CCCOc1ccc(C(C)(C)C)cc1)C1CCS(=O)(=O)C1. The van der Waals surface area contributed by atoms with Gasteiger partial charge in [0.1, 0.15) is 5.75 Å². The second-order valence-corrected chi connectivity index (χ2v) is 10.2. The van der Waals surface area contributed by atoms with Crippen LogP contribution in [-0.2, 0) is 20.0 Å². The Morgan fingerprint density at radius 3 is 2.38 bits per heavy atom. The van der Waals surface area contributed by atoms with Gasteiger partial charge in [0.25, 0.3) is 0 Å². The molecule has 146 valence electrons. The molecule has 26 heavy (non-hydrogen) atoms. The Hall–Kier alpha value is -1.56. The largest absolute Gasteiger partial charge is 0.494 e. The van der Waals surface area contributed by atoms with Gasteiger partial charge in [-0.25, -0.2) is 8.42 Å². The van der Waals surface area contributed by atoms with Gasteiger partial charge in [-0.05, 0) is 42.9 Å². The Labute approximate surface area is 157 Å². The van der Waals surface area contributed by atoms with E-state index in [0.29, 0.717) is 32.4 Å². The van der Waals surface area contributed by atoms with Crippen LogP contribution in [0, 0.1) is 0 Å². The monoisotopic (exact) mass is 381 g/mol. The third kappa shape index (κ3) is 5.73. The van der Waals surface area contributed by atoms with Crippen LogP contribution in [0.15, 0.2) is 24.3 Å². The van der Waals surface area contributed by atoms with Crippen LogP contribution < -0.4 is 4.74 Å². The van der Waals surface area contributed by atoms with Gasteiger partial charge < -0.3 is 9.64 Å². The highest BCUT2D eigenvalue weighted by Gasteiger charge is 2.33. The zero-order chi connectivity index (χ0) is 19.4. The lowest BCUT2D eigenvalue weighted by molar-refractivity contribution is -0.133. The number of benzene rings is 1. The summed E-state index contributed by atoms with van der Waals surface area (Å²) >= 11 is 0. The van der Waals surface area contributed by atoms with Crippen molar-refractivity contribution in [3.05, 3.63) is 29.8 Å². The molecular weight excluding hydrogens is 350 g/mol. The second-order valence-electron chi connectivity index (χ2n) is 7.96. The number of amides is 1. The first-order valence-electron chi connectivity index (χ1n) is 9.35. The zero-order valence-electron chi connectivity index (χ0n) is 16.3. The number of hydrogen-bond donors (Lipinski definition) is 0. The number of ether oxygens (including phenoxy) is 1. The van der Waals surface area contributed by atoms with E-state index in [0.717, 1.165) is 5.75 Å². The van der Waals surface area contributed by atoms with Gasteiger partial charge in [0.15, 0.2) is 9.84 Å². The molecule has 1 fully saturated rings. The van der Waals surface area contributed by atoms with Crippen molar-refractivity contribution in [2.75, 3.05) is 24.7 Å². The summed E-state index contributed by atoms with van der Waals surface area (Å²) in [5.74, 6) is 1.11. The quantitative estimate of drug-likeness (QED) is 0.681. The van der Waals surface area contributed by atoms with Gasteiger partial charge in [0.2, 0.25) is 5.91 Å². The lowest BCUT2D eigenvalue weighted by Crippen LogP contribution is -2.41. The first-order chi connectivity index (χ1) is 12.1.